The van der Waals surface area contributed by atoms with Gasteiger partial charge in [0.2, 0.25) is 5.91 Å². The molecule has 0 radical (unpaired) electrons. The average Bonchev–Trinajstić information content (AvgIpc) is 2.97. The van der Waals surface area contributed by atoms with Gasteiger partial charge < -0.3 is 10.2 Å². The lowest BCUT2D eigenvalue weighted by atomic mass is 9.71. The van der Waals surface area contributed by atoms with Gasteiger partial charge >= 0.3 is 0 Å². The lowest BCUT2D eigenvalue weighted by Gasteiger charge is -2.41. The van der Waals surface area contributed by atoms with E-state index in [0.717, 1.165) is 16.7 Å². The molecule has 0 unspecified atom stereocenters. The van der Waals surface area contributed by atoms with E-state index in [0.29, 0.717) is 37.1 Å². The van der Waals surface area contributed by atoms with Crippen molar-refractivity contribution in [2.45, 2.75) is 24.8 Å². The van der Waals surface area contributed by atoms with Crippen molar-refractivity contribution in [1.82, 2.24) is 10.2 Å². The summed E-state index contributed by atoms with van der Waals surface area (Å²) in [6.45, 7) is 0.922. The molecule has 4 nitrogen and oxygen atoms in total. The first-order chi connectivity index (χ1) is 18.8. The summed E-state index contributed by atoms with van der Waals surface area (Å²) >= 11 is 0. The van der Waals surface area contributed by atoms with E-state index < -0.39 is 11.2 Å². The Morgan fingerprint density at radius 3 is 1.67 bits per heavy atom. The number of likely N-dealkylation sites (tertiary alicyclic amines) is 1. The van der Waals surface area contributed by atoms with Crippen LogP contribution in [0, 0.1) is 17.5 Å². The van der Waals surface area contributed by atoms with Crippen LogP contribution in [0.5, 0.6) is 0 Å². The fraction of sp³-hybridized carbons (Fsp3) is 0.188. The molecule has 0 aromatic heterocycles. The molecular formula is C32H27F3N2O2. The van der Waals surface area contributed by atoms with Crippen LogP contribution in [-0.2, 0) is 16.8 Å². The van der Waals surface area contributed by atoms with E-state index in [9.17, 15) is 22.8 Å². The monoisotopic (exact) mass is 528 g/mol. The molecule has 5 rings (SSSR count). The van der Waals surface area contributed by atoms with E-state index in [1.807, 2.05) is 12.1 Å². The molecule has 0 bridgehead atoms. The quantitative estimate of drug-likeness (QED) is 0.321. The van der Waals surface area contributed by atoms with Gasteiger partial charge in [0.1, 0.15) is 17.5 Å². The number of piperidine rings is 1. The predicted octanol–water partition coefficient (Wildman–Crippen LogP) is 6.26. The zero-order valence-corrected chi connectivity index (χ0v) is 21.2. The van der Waals surface area contributed by atoms with Gasteiger partial charge in [-0.2, -0.15) is 0 Å². The van der Waals surface area contributed by atoms with Crippen molar-refractivity contribution in [1.29, 1.82) is 0 Å². The minimum Gasteiger partial charge on any atom is -0.351 e. The van der Waals surface area contributed by atoms with Crippen LogP contribution >= 0.6 is 0 Å². The molecule has 4 aromatic rings. The first kappa shape index (κ1) is 26.2. The standard InChI is InChI=1S/C32H27F3N2O2/c33-27-11-1-22(2-12-27)21-36-31(39)32(26-9-15-29(35)16-10-26)17-19-37(20-18-32)30(38)25-5-3-23(4-6-25)24-7-13-28(34)14-8-24/h1-16H,17-21H2,(H,36,39). The Balaban J connectivity index is 1.30. The molecule has 4 aromatic carbocycles. The van der Waals surface area contributed by atoms with Crippen LogP contribution in [0.15, 0.2) is 97.1 Å². The zero-order valence-electron chi connectivity index (χ0n) is 21.2. The van der Waals surface area contributed by atoms with E-state index in [1.165, 1.54) is 36.4 Å². The molecule has 1 aliphatic heterocycles. The number of hydrogen-bond acceptors (Lipinski definition) is 2. The third-order valence-electron chi connectivity index (χ3n) is 7.41. The molecule has 39 heavy (non-hydrogen) atoms. The van der Waals surface area contributed by atoms with E-state index in [2.05, 4.69) is 5.32 Å². The van der Waals surface area contributed by atoms with Crippen molar-refractivity contribution in [3.8, 4) is 11.1 Å². The summed E-state index contributed by atoms with van der Waals surface area (Å²) < 4.78 is 40.2. The number of benzene rings is 4. The number of nitrogens with zero attached hydrogens (tertiary/aromatic N) is 1. The first-order valence-corrected chi connectivity index (χ1v) is 12.8. The van der Waals surface area contributed by atoms with Crippen LogP contribution in [0.3, 0.4) is 0 Å². The van der Waals surface area contributed by atoms with Gasteiger partial charge in [-0.05, 0) is 83.6 Å². The van der Waals surface area contributed by atoms with Crippen LogP contribution in [0.25, 0.3) is 11.1 Å². The third kappa shape index (κ3) is 5.72. The largest absolute Gasteiger partial charge is 0.351 e. The SMILES string of the molecule is O=C(c1ccc(-c2ccc(F)cc2)cc1)N1CCC(C(=O)NCc2ccc(F)cc2)(c2ccc(F)cc2)CC1. The number of rotatable bonds is 6. The molecule has 0 spiro atoms. The molecule has 0 saturated carbocycles. The van der Waals surface area contributed by atoms with Crippen LogP contribution in [0.2, 0.25) is 0 Å². The third-order valence-corrected chi connectivity index (χ3v) is 7.41. The number of hydrogen-bond donors (Lipinski definition) is 1. The van der Waals surface area contributed by atoms with Crippen molar-refractivity contribution in [2.75, 3.05) is 13.1 Å². The van der Waals surface area contributed by atoms with Crippen LogP contribution in [0.1, 0.15) is 34.3 Å². The summed E-state index contributed by atoms with van der Waals surface area (Å²) in [5, 5.41) is 2.96. The van der Waals surface area contributed by atoms with Gasteiger partial charge in [0, 0.05) is 25.2 Å². The highest BCUT2D eigenvalue weighted by molar-refractivity contribution is 5.95. The summed E-state index contributed by atoms with van der Waals surface area (Å²) in [5.74, 6) is -1.40. The Bertz CT molecular complexity index is 1440. The second-order valence-corrected chi connectivity index (χ2v) is 9.77. The van der Waals surface area contributed by atoms with Gasteiger partial charge in [-0.1, -0.05) is 48.5 Å². The minimum absolute atomic E-state index is 0.139. The predicted molar refractivity (Wildman–Crippen MR) is 143 cm³/mol. The lowest BCUT2D eigenvalue weighted by molar-refractivity contribution is -0.128. The number of carbonyl (C=O) groups excluding carboxylic acids is 2. The van der Waals surface area contributed by atoms with Gasteiger partial charge in [-0.3, -0.25) is 9.59 Å². The maximum atomic E-state index is 13.7. The summed E-state index contributed by atoms with van der Waals surface area (Å²) in [5.41, 5.74) is 2.77. The molecule has 198 valence electrons. The van der Waals surface area contributed by atoms with Crippen LogP contribution in [-0.4, -0.2) is 29.8 Å². The topological polar surface area (TPSA) is 49.4 Å². The minimum atomic E-state index is -0.934. The second-order valence-electron chi connectivity index (χ2n) is 9.77. The molecule has 1 fully saturated rings. The van der Waals surface area contributed by atoms with E-state index in [1.54, 1.807) is 53.4 Å². The first-order valence-electron chi connectivity index (χ1n) is 12.8. The van der Waals surface area contributed by atoms with Crippen LogP contribution in [0.4, 0.5) is 13.2 Å². The molecule has 0 aliphatic carbocycles. The number of amides is 2. The molecule has 0 atom stereocenters. The Kier molecular flexibility index (Phi) is 7.50. The van der Waals surface area contributed by atoms with Gasteiger partial charge in [-0.15, -0.1) is 0 Å². The summed E-state index contributed by atoms with van der Waals surface area (Å²) in [4.78, 5) is 28.6. The summed E-state index contributed by atoms with van der Waals surface area (Å²) in [6, 6.07) is 25.2. The Morgan fingerprint density at radius 1 is 0.667 bits per heavy atom. The van der Waals surface area contributed by atoms with Gasteiger partial charge in [0.25, 0.3) is 5.91 Å². The smallest absolute Gasteiger partial charge is 0.253 e. The number of carbonyl (C=O) groups is 2. The molecule has 2 amide bonds. The number of halogens is 3. The van der Waals surface area contributed by atoms with E-state index >= 15 is 0 Å². The fourth-order valence-electron chi connectivity index (χ4n) is 5.09. The molecule has 7 heteroatoms. The van der Waals surface area contributed by atoms with Gasteiger partial charge in [0.05, 0.1) is 5.41 Å². The van der Waals surface area contributed by atoms with E-state index in [4.69, 9.17) is 0 Å². The van der Waals surface area contributed by atoms with Crippen LogP contribution < -0.4 is 5.32 Å². The Morgan fingerprint density at radius 2 is 1.13 bits per heavy atom. The number of nitrogens with one attached hydrogen (secondary N) is 1. The molecule has 1 N–H and O–H groups in total. The Hall–Kier alpha value is -4.39. The maximum Gasteiger partial charge on any atom is 0.253 e. The molecule has 1 aliphatic rings. The highest BCUT2D eigenvalue weighted by atomic mass is 19.1. The zero-order chi connectivity index (χ0) is 27.4. The van der Waals surface area contributed by atoms with Gasteiger partial charge in [0.15, 0.2) is 0 Å². The molecule has 1 saturated heterocycles. The average molecular weight is 529 g/mol. The second kappa shape index (κ2) is 11.2. The van der Waals surface area contributed by atoms with Crippen molar-refractivity contribution in [3.63, 3.8) is 0 Å². The normalized spacial score (nSPS) is 14.6. The summed E-state index contributed by atoms with van der Waals surface area (Å²) in [7, 11) is 0. The highest BCUT2D eigenvalue weighted by Crippen LogP contribution is 2.37. The van der Waals surface area contributed by atoms with Crippen molar-refractivity contribution >= 4 is 11.8 Å². The van der Waals surface area contributed by atoms with Crippen molar-refractivity contribution < 1.29 is 22.8 Å². The van der Waals surface area contributed by atoms with Crippen molar-refractivity contribution in [3.05, 3.63) is 131 Å². The van der Waals surface area contributed by atoms with Gasteiger partial charge in [-0.25, -0.2) is 13.2 Å². The highest BCUT2D eigenvalue weighted by Gasteiger charge is 2.43. The Labute approximate surface area is 225 Å². The molecule has 1 heterocycles. The fourth-order valence-corrected chi connectivity index (χ4v) is 5.09. The van der Waals surface area contributed by atoms with Crippen molar-refractivity contribution in [2.24, 2.45) is 0 Å². The summed E-state index contributed by atoms with van der Waals surface area (Å²) in [6.07, 6.45) is 0.737. The maximum absolute atomic E-state index is 13.7. The van der Waals surface area contributed by atoms with E-state index in [-0.39, 0.29) is 30.0 Å². The molecular weight excluding hydrogens is 501 g/mol. The lowest BCUT2D eigenvalue weighted by Crippen LogP contribution is -2.52.